The van der Waals surface area contributed by atoms with Crippen molar-refractivity contribution in [1.82, 2.24) is 0 Å². The van der Waals surface area contributed by atoms with E-state index in [2.05, 4.69) is 251 Å². The SMILES string of the molecule is Cc1cc(C)c(B(c2ccc(N(B(c3c(C)cc(C)cc3C)c3c(C)cc(C)cc3C)c3ccc(B(c4c(C)cc(C)cc4C)c4c(C)cc(C)cc4C)cc3)cc2)c2c(C)cc(C)cc2C)c(C)c1. The van der Waals surface area contributed by atoms with Gasteiger partial charge in [0.2, 0.25) is 13.4 Å². The standard InChI is InChI=1S/C66H74B3N/c1-39-27-45(7)61(46(8)28-39)67(62-47(9)29-40(2)30-48(62)10)57-19-23-59(24-20-57)70(69(65-53(15)35-43(5)36-54(65)16)66-55(17)37-44(6)38-56(66)18)60-25-21-58(22-26-60)68(63-49(11)31-41(3)32-50(63)12)64-51(13)33-42(4)34-52(64)14/h19-38H,1-18H3. The summed E-state index contributed by atoms with van der Waals surface area (Å²) in [7, 11) is 0. The van der Waals surface area contributed by atoms with E-state index in [1.807, 2.05) is 0 Å². The number of rotatable bonds is 11. The van der Waals surface area contributed by atoms with Crippen LogP contribution < -0.4 is 48.5 Å². The molecule has 0 aliphatic carbocycles. The molecule has 0 radical (unpaired) electrons. The van der Waals surface area contributed by atoms with Crippen LogP contribution in [-0.2, 0) is 0 Å². The second kappa shape index (κ2) is 19.9. The molecular weight excluding hydrogens is 839 g/mol. The third kappa shape index (κ3) is 9.64. The van der Waals surface area contributed by atoms with Crippen LogP contribution in [-0.4, -0.2) is 20.3 Å². The third-order valence-electron chi connectivity index (χ3n) is 15.4. The van der Waals surface area contributed by atoms with Gasteiger partial charge < -0.3 is 4.81 Å². The van der Waals surface area contributed by atoms with Crippen LogP contribution in [0.3, 0.4) is 0 Å². The van der Waals surface area contributed by atoms with Gasteiger partial charge in [0, 0.05) is 11.4 Å². The van der Waals surface area contributed by atoms with Crippen LogP contribution in [0.5, 0.6) is 0 Å². The number of hydrogen-bond donors (Lipinski definition) is 0. The average Bonchev–Trinajstić information content (AvgIpc) is 3.24. The van der Waals surface area contributed by atoms with Crippen LogP contribution in [0.1, 0.15) is 100 Å². The fourth-order valence-corrected chi connectivity index (χ4v) is 13.3. The summed E-state index contributed by atoms with van der Waals surface area (Å²) >= 11 is 0. The number of hydrogen-bond acceptors (Lipinski definition) is 1. The van der Waals surface area contributed by atoms with E-state index in [-0.39, 0.29) is 20.3 Å². The van der Waals surface area contributed by atoms with Crippen LogP contribution in [0.4, 0.5) is 11.4 Å². The topological polar surface area (TPSA) is 3.24 Å². The van der Waals surface area contributed by atoms with E-state index >= 15 is 0 Å². The molecule has 1 nitrogen and oxygen atoms in total. The van der Waals surface area contributed by atoms with Gasteiger partial charge in [0.25, 0.3) is 0 Å². The zero-order valence-corrected chi connectivity index (χ0v) is 45.7. The Hall–Kier alpha value is -6.25. The molecular formula is C66H74B3N. The molecule has 0 saturated heterocycles. The first kappa shape index (κ1) is 50.2. The molecule has 0 atom stereocenters. The maximum absolute atomic E-state index is 2.66. The highest BCUT2D eigenvalue weighted by atomic mass is 15.1. The van der Waals surface area contributed by atoms with Crippen LogP contribution in [0.15, 0.2) is 121 Å². The van der Waals surface area contributed by atoms with Gasteiger partial charge in [0.1, 0.15) is 0 Å². The number of benzene rings is 8. The first-order valence-corrected chi connectivity index (χ1v) is 25.6. The molecule has 8 aromatic rings. The average molecular weight is 914 g/mol. The molecule has 0 saturated carbocycles. The molecule has 352 valence electrons. The molecule has 0 fully saturated rings. The Labute approximate surface area is 424 Å². The number of nitrogens with zero attached hydrogens (tertiary/aromatic N) is 1. The quantitative estimate of drug-likeness (QED) is 0.117. The summed E-state index contributed by atoms with van der Waals surface area (Å²) in [5.74, 6) is 0. The second-order valence-electron chi connectivity index (χ2n) is 21.7. The summed E-state index contributed by atoms with van der Waals surface area (Å²) in [6.07, 6.45) is 0. The van der Waals surface area contributed by atoms with Crippen molar-refractivity contribution in [2.45, 2.75) is 125 Å². The maximum Gasteiger partial charge on any atom is 0.329 e. The highest BCUT2D eigenvalue weighted by Gasteiger charge is 2.36. The lowest BCUT2D eigenvalue weighted by Crippen LogP contribution is -2.59. The first-order valence-electron chi connectivity index (χ1n) is 25.6. The van der Waals surface area contributed by atoms with Crippen molar-refractivity contribution in [2.75, 3.05) is 4.81 Å². The van der Waals surface area contributed by atoms with E-state index in [0.29, 0.717) is 0 Å². The molecule has 70 heavy (non-hydrogen) atoms. The Morgan fingerprint density at radius 3 is 0.586 bits per heavy atom. The molecule has 0 N–H and O–H groups in total. The molecule has 0 spiro atoms. The van der Waals surface area contributed by atoms with Gasteiger partial charge >= 0.3 is 6.85 Å². The van der Waals surface area contributed by atoms with Crippen LogP contribution in [0.2, 0.25) is 0 Å². The zero-order valence-electron chi connectivity index (χ0n) is 45.7. The maximum atomic E-state index is 2.66. The first-order chi connectivity index (χ1) is 33.1. The van der Waals surface area contributed by atoms with Crippen molar-refractivity contribution in [3.8, 4) is 0 Å². The Balaban J connectivity index is 1.40. The summed E-state index contributed by atoms with van der Waals surface area (Å²) in [5.41, 5.74) is 37.1. The molecule has 4 heteroatoms. The van der Waals surface area contributed by atoms with Crippen molar-refractivity contribution in [1.29, 1.82) is 0 Å². The fraction of sp³-hybridized carbons (Fsp3) is 0.273. The molecule has 0 aliphatic rings. The third-order valence-corrected chi connectivity index (χ3v) is 15.4. The predicted octanol–water partition coefficient (Wildman–Crippen LogP) is 11.2. The minimum absolute atomic E-state index is 0.0845. The van der Waals surface area contributed by atoms with E-state index in [4.69, 9.17) is 0 Å². The lowest BCUT2D eigenvalue weighted by molar-refractivity contribution is 1.31. The van der Waals surface area contributed by atoms with Crippen molar-refractivity contribution in [3.63, 3.8) is 0 Å². The van der Waals surface area contributed by atoms with E-state index in [0.717, 1.165) is 0 Å². The van der Waals surface area contributed by atoms with Gasteiger partial charge in [-0.1, -0.05) is 230 Å². The normalized spacial score (nSPS) is 11.3. The van der Waals surface area contributed by atoms with E-state index in [9.17, 15) is 0 Å². The summed E-state index contributed by atoms with van der Waals surface area (Å²) < 4.78 is 0. The van der Waals surface area contributed by atoms with Crippen molar-refractivity contribution in [2.24, 2.45) is 0 Å². The van der Waals surface area contributed by atoms with E-state index in [1.165, 1.54) is 155 Å². The molecule has 0 bridgehead atoms. The van der Waals surface area contributed by atoms with Crippen molar-refractivity contribution < 1.29 is 0 Å². The van der Waals surface area contributed by atoms with Gasteiger partial charge in [0.05, 0.1) is 0 Å². The minimum Gasteiger partial charge on any atom is -0.377 e. The van der Waals surface area contributed by atoms with Crippen LogP contribution in [0, 0.1) is 125 Å². The fourth-order valence-electron chi connectivity index (χ4n) is 13.3. The predicted molar refractivity (Wildman–Crippen MR) is 313 cm³/mol. The minimum atomic E-state index is -0.101. The molecule has 0 aromatic heterocycles. The van der Waals surface area contributed by atoms with Gasteiger partial charge in [-0.25, -0.2) is 0 Å². The Morgan fingerprint density at radius 1 is 0.229 bits per heavy atom. The summed E-state index contributed by atoms with van der Waals surface area (Å²) in [5, 5.41) is 0. The number of anilines is 2. The smallest absolute Gasteiger partial charge is 0.329 e. The summed E-state index contributed by atoms with van der Waals surface area (Å²) in [6.45, 7) is 41.1. The zero-order chi connectivity index (χ0) is 50.6. The summed E-state index contributed by atoms with van der Waals surface area (Å²) in [6, 6.07) is 47.8. The Kier molecular flexibility index (Phi) is 14.2. The van der Waals surface area contributed by atoms with Gasteiger partial charge in [-0.15, -0.1) is 0 Å². The lowest BCUT2D eigenvalue weighted by atomic mass is 9.34. The Bertz CT molecular complexity index is 2830. The number of aryl methyl sites for hydroxylation is 18. The second-order valence-corrected chi connectivity index (χ2v) is 21.7. The van der Waals surface area contributed by atoms with Gasteiger partial charge in [-0.3, -0.25) is 0 Å². The largest absolute Gasteiger partial charge is 0.377 e. The van der Waals surface area contributed by atoms with E-state index in [1.54, 1.807) is 0 Å². The highest BCUT2D eigenvalue weighted by molar-refractivity contribution is 6.97. The van der Waals surface area contributed by atoms with Gasteiger partial charge in [0.15, 0.2) is 0 Å². The van der Waals surface area contributed by atoms with Crippen molar-refractivity contribution >= 4 is 75.4 Å². The molecule has 0 aliphatic heterocycles. The molecule has 0 heterocycles. The summed E-state index contributed by atoms with van der Waals surface area (Å²) in [4.78, 5) is 2.66. The van der Waals surface area contributed by atoms with Gasteiger partial charge in [-0.05, 0) is 160 Å². The van der Waals surface area contributed by atoms with Crippen LogP contribution >= 0.6 is 0 Å². The van der Waals surface area contributed by atoms with Crippen LogP contribution in [0.25, 0.3) is 0 Å². The van der Waals surface area contributed by atoms with Gasteiger partial charge in [-0.2, -0.15) is 0 Å². The van der Waals surface area contributed by atoms with Crippen molar-refractivity contribution in [3.05, 3.63) is 221 Å². The molecule has 0 amide bonds. The molecule has 8 aromatic carbocycles. The monoisotopic (exact) mass is 914 g/mol. The lowest BCUT2D eigenvalue weighted by Gasteiger charge is -2.36. The van der Waals surface area contributed by atoms with E-state index < -0.39 is 0 Å². The molecule has 8 rings (SSSR count). The Morgan fingerprint density at radius 2 is 0.400 bits per heavy atom. The molecule has 0 unspecified atom stereocenters. The highest BCUT2D eigenvalue weighted by Crippen LogP contribution is 2.29.